The van der Waals surface area contributed by atoms with E-state index in [1.807, 2.05) is 30.3 Å². The highest BCUT2D eigenvalue weighted by atomic mass is 35.5. The van der Waals surface area contributed by atoms with Crippen LogP contribution >= 0.6 is 35.0 Å². The minimum atomic E-state index is -0.578. The highest BCUT2D eigenvalue weighted by Gasteiger charge is 2.36. The predicted molar refractivity (Wildman–Crippen MR) is 142 cm³/mol. The average molecular weight is 543 g/mol. The lowest BCUT2D eigenvalue weighted by Gasteiger charge is -2.14. The summed E-state index contributed by atoms with van der Waals surface area (Å²) in [5, 5.41) is 2.81. The van der Waals surface area contributed by atoms with Crippen molar-refractivity contribution in [1.82, 2.24) is 4.90 Å². The Morgan fingerprint density at radius 3 is 2.56 bits per heavy atom. The number of nitrogens with zero attached hydrogens (tertiary/aromatic N) is 1. The van der Waals surface area contributed by atoms with Crippen LogP contribution < -0.4 is 14.8 Å². The minimum absolute atomic E-state index is 0.159. The van der Waals surface area contributed by atoms with Gasteiger partial charge in [0.25, 0.3) is 11.1 Å². The highest BCUT2D eigenvalue weighted by molar-refractivity contribution is 8.18. The van der Waals surface area contributed by atoms with E-state index >= 15 is 0 Å². The van der Waals surface area contributed by atoms with Crippen molar-refractivity contribution in [2.24, 2.45) is 0 Å². The molecule has 0 bridgehead atoms. The Kier molecular flexibility index (Phi) is 8.20. The number of nitrogens with one attached hydrogen (secondary N) is 1. The Hall–Kier alpha value is -3.46. The van der Waals surface area contributed by atoms with Crippen LogP contribution in [0.2, 0.25) is 10.0 Å². The zero-order valence-electron chi connectivity index (χ0n) is 19.0. The minimum Gasteiger partial charge on any atom is -0.493 e. The second-order valence-electron chi connectivity index (χ2n) is 7.63. The normalized spacial score (nSPS) is 14.3. The summed E-state index contributed by atoms with van der Waals surface area (Å²) in [4.78, 5) is 38.7. The molecule has 1 fully saturated rings. The second-order valence-corrected chi connectivity index (χ2v) is 9.47. The summed E-state index contributed by atoms with van der Waals surface area (Å²) in [5.41, 5.74) is 1.97. The van der Waals surface area contributed by atoms with E-state index in [1.54, 1.807) is 36.4 Å². The molecule has 7 nitrogen and oxygen atoms in total. The molecule has 1 aliphatic heterocycles. The molecule has 1 N–H and O–H groups in total. The largest absolute Gasteiger partial charge is 0.493 e. The van der Waals surface area contributed by atoms with Crippen LogP contribution in [-0.2, 0) is 16.2 Å². The van der Waals surface area contributed by atoms with Crippen molar-refractivity contribution >= 4 is 63.8 Å². The monoisotopic (exact) mass is 542 g/mol. The van der Waals surface area contributed by atoms with Crippen molar-refractivity contribution in [3.05, 3.63) is 92.8 Å². The summed E-state index contributed by atoms with van der Waals surface area (Å²) in [6.07, 6.45) is 1.52. The van der Waals surface area contributed by atoms with Gasteiger partial charge in [-0.1, -0.05) is 59.6 Å². The van der Waals surface area contributed by atoms with Gasteiger partial charge in [0.1, 0.15) is 13.2 Å². The van der Waals surface area contributed by atoms with Crippen molar-refractivity contribution in [1.29, 1.82) is 0 Å². The zero-order chi connectivity index (χ0) is 25.7. The summed E-state index contributed by atoms with van der Waals surface area (Å²) in [5.74, 6) is -0.355. The Balaban J connectivity index is 1.47. The van der Waals surface area contributed by atoms with Crippen molar-refractivity contribution < 1.29 is 23.9 Å². The first-order valence-electron chi connectivity index (χ1n) is 10.7. The van der Waals surface area contributed by atoms with Gasteiger partial charge in [-0.15, -0.1) is 0 Å². The van der Waals surface area contributed by atoms with Crippen LogP contribution in [0.15, 0.2) is 71.6 Å². The number of imide groups is 1. The van der Waals surface area contributed by atoms with E-state index in [0.29, 0.717) is 34.4 Å². The van der Waals surface area contributed by atoms with Crippen molar-refractivity contribution in [3.63, 3.8) is 0 Å². The van der Waals surface area contributed by atoms with Gasteiger partial charge < -0.3 is 14.8 Å². The number of carbonyl (C=O) groups is 3. The Morgan fingerprint density at radius 2 is 1.83 bits per heavy atom. The third-order valence-corrected chi connectivity index (χ3v) is 6.48. The van der Waals surface area contributed by atoms with E-state index in [-0.39, 0.29) is 9.93 Å². The summed E-state index contributed by atoms with van der Waals surface area (Å²) in [6, 6.07) is 19.4. The number of amides is 3. The summed E-state index contributed by atoms with van der Waals surface area (Å²) >= 11 is 13.1. The Labute approximate surface area is 222 Å². The topological polar surface area (TPSA) is 84.9 Å². The van der Waals surface area contributed by atoms with Gasteiger partial charge in [-0.05, 0) is 59.3 Å². The van der Waals surface area contributed by atoms with Gasteiger partial charge in [0.05, 0.1) is 17.0 Å². The molecule has 3 aromatic carbocycles. The van der Waals surface area contributed by atoms with Crippen molar-refractivity contribution in [2.45, 2.75) is 6.61 Å². The van der Waals surface area contributed by atoms with E-state index in [0.717, 1.165) is 22.2 Å². The lowest BCUT2D eigenvalue weighted by atomic mass is 10.1. The molecule has 1 aliphatic rings. The van der Waals surface area contributed by atoms with Crippen LogP contribution in [0, 0.1) is 0 Å². The fraction of sp³-hybridized carbons (Fsp3) is 0.115. The third-order valence-electron chi connectivity index (χ3n) is 5.06. The van der Waals surface area contributed by atoms with Gasteiger partial charge in [0.15, 0.2) is 11.5 Å². The maximum atomic E-state index is 12.9. The maximum Gasteiger partial charge on any atom is 0.294 e. The number of hydrogen-bond donors (Lipinski definition) is 1. The van der Waals surface area contributed by atoms with Gasteiger partial charge in [-0.2, -0.15) is 0 Å². The van der Waals surface area contributed by atoms with Crippen LogP contribution in [0.5, 0.6) is 11.5 Å². The lowest BCUT2D eigenvalue weighted by Crippen LogP contribution is -2.36. The molecule has 10 heteroatoms. The standard InChI is InChI=1S/C26H20Cl2N2O5S/c1-34-21-11-17(10-20(28)24(21)35-15-16-6-3-2-4-7-16)12-22-25(32)30(26(33)36-22)14-23(31)29-19-9-5-8-18(27)13-19/h2-13H,14-15H2,1H3,(H,29,31)/b22-12-. The van der Waals surface area contributed by atoms with Crippen LogP contribution in [0.3, 0.4) is 0 Å². The molecule has 0 unspecified atom stereocenters. The van der Waals surface area contributed by atoms with E-state index < -0.39 is 23.6 Å². The molecule has 3 aromatic rings. The number of methoxy groups -OCH3 is 1. The highest BCUT2D eigenvalue weighted by Crippen LogP contribution is 2.39. The van der Waals surface area contributed by atoms with E-state index in [1.165, 1.54) is 13.2 Å². The van der Waals surface area contributed by atoms with Gasteiger partial charge in [-0.25, -0.2) is 0 Å². The van der Waals surface area contributed by atoms with Crippen LogP contribution in [0.4, 0.5) is 10.5 Å². The van der Waals surface area contributed by atoms with Crippen LogP contribution in [-0.4, -0.2) is 35.6 Å². The van der Waals surface area contributed by atoms with Gasteiger partial charge in [-0.3, -0.25) is 19.3 Å². The molecule has 0 radical (unpaired) electrons. The molecule has 1 heterocycles. The Bertz CT molecular complexity index is 1350. The Morgan fingerprint density at radius 1 is 1.06 bits per heavy atom. The first kappa shape index (κ1) is 25.6. The van der Waals surface area contributed by atoms with Gasteiger partial charge >= 0.3 is 0 Å². The smallest absolute Gasteiger partial charge is 0.294 e. The number of anilines is 1. The molecule has 184 valence electrons. The summed E-state index contributed by atoms with van der Waals surface area (Å²) < 4.78 is 11.3. The SMILES string of the molecule is COc1cc(/C=C2\SC(=O)N(CC(=O)Nc3cccc(Cl)c3)C2=O)cc(Cl)c1OCc1ccccc1. The predicted octanol–water partition coefficient (Wildman–Crippen LogP) is 6.26. The fourth-order valence-electron chi connectivity index (χ4n) is 3.39. The number of ether oxygens (including phenoxy) is 2. The van der Waals surface area contributed by atoms with E-state index in [4.69, 9.17) is 32.7 Å². The molecular formula is C26H20Cl2N2O5S. The number of benzene rings is 3. The lowest BCUT2D eigenvalue weighted by molar-refractivity contribution is -0.127. The van der Waals surface area contributed by atoms with E-state index in [9.17, 15) is 14.4 Å². The average Bonchev–Trinajstić information content (AvgIpc) is 3.11. The number of thioether (sulfide) groups is 1. The first-order valence-corrected chi connectivity index (χ1v) is 12.3. The number of hydrogen-bond acceptors (Lipinski definition) is 6. The quantitative estimate of drug-likeness (QED) is 0.338. The number of halogens is 2. The van der Waals surface area contributed by atoms with Crippen molar-refractivity contribution in [3.8, 4) is 11.5 Å². The van der Waals surface area contributed by atoms with Crippen LogP contribution in [0.25, 0.3) is 6.08 Å². The molecule has 0 aromatic heterocycles. The first-order chi connectivity index (χ1) is 17.3. The molecule has 3 amide bonds. The molecule has 0 aliphatic carbocycles. The molecular weight excluding hydrogens is 523 g/mol. The summed E-state index contributed by atoms with van der Waals surface area (Å²) in [6.45, 7) is -0.128. The fourth-order valence-corrected chi connectivity index (χ4v) is 4.69. The van der Waals surface area contributed by atoms with Crippen LogP contribution in [0.1, 0.15) is 11.1 Å². The molecule has 36 heavy (non-hydrogen) atoms. The third kappa shape index (κ3) is 6.20. The molecule has 1 saturated heterocycles. The van der Waals surface area contributed by atoms with Gasteiger partial charge in [0, 0.05) is 10.7 Å². The maximum absolute atomic E-state index is 12.9. The van der Waals surface area contributed by atoms with E-state index in [2.05, 4.69) is 5.32 Å². The number of rotatable bonds is 8. The van der Waals surface area contributed by atoms with Crippen molar-refractivity contribution in [2.75, 3.05) is 19.0 Å². The van der Waals surface area contributed by atoms with Gasteiger partial charge in [0.2, 0.25) is 5.91 Å². The summed E-state index contributed by atoms with van der Waals surface area (Å²) in [7, 11) is 1.48. The number of carbonyl (C=O) groups excluding carboxylic acids is 3. The molecule has 0 saturated carbocycles. The zero-order valence-corrected chi connectivity index (χ0v) is 21.3. The molecule has 4 rings (SSSR count). The molecule has 0 atom stereocenters. The second kappa shape index (κ2) is 11.5. The molecule has 0 spiro atoms.